The van der Waals surface area contributed by atoms with Crippen LogP contribution < -0.4 is 29.6 Å². The molecule has 0 aromatic carbocycles. The molecule has 0 radical (unpaired) electrons. The van der Waals surface area contributed by atoms with Crippen molar-refractivity contribution in [2.45, 2.75) is 18.7 Å². The van der Waals surface area contributed by atoms with Crippen LogP contribution in [-0.4, -0.2) is 21.9 Å². The van der Waals surface area contributed by atoms with Gasteiger partial charge in [0.25, 0.3) is 0 Å². The molecule has 0 N–H and O–H groups in total. The molecule has 1 amide bonds. The topological polar surface area (TPSA) is 20.3 Å². The Morgan fingerprint density at radius 1 is 1.92 bits per heavy atom. The molecule has 0 saturated carbocycles. The van der Waals surface area contributed by atoms with Crippen LogP contribution in [-0.2, 0) is 4.79 Å². The number of hydrogen-bond acceptors (Lipinski definition) is 3. The summed E-state index contributed by atoms with van der Waals surface area (Å²) in [5.41, 5.74) is 0. The normalized spacial score (nSPS) is 25.8. The van der Waals surface area contributed by atoms with Crippen LogP contribution in [0.2, 0.25) is 0 Å². The van der Waals surface area contributed by atoms with Gasteiger partial charge in [-0.05, 0) is 5.75 Å². The number of β-lactam (4-membered cyclic amide) rings is 1. The first-order valence-electron chi connectivity index (χ1n) is 3.63. The summed E-state index contributed by atoms with van der Waals surface area (Å²) in [6.07, 6.45) is 2.71. The number of amides is 1. The van der Waals surface area contributed by atoms with Crippen LogP contribution >= 0.6 is 23.5 Å². The third-order valence-electron chi connectivity index (χ3n) is 1.73. The maximum Gasteiger partial charge on any atom is 1.00 e. The zero-order valence-electron chi connectivity index (χ0n) is 8.24. The molecule has 1 atom stereocenters. The molecule has 0 aromatic rings. The Labute approximate surface area is 104 Å². The number of rotatable bonds is 2. The molecule has 5 heteroatoms. The van der Waals surface area contributed by atoms with Gasteiger partial charge in [0.1, 0.15) is 0 Å². The molecule has 0 unspecified atom stereocenters. The third kappa shape index (κ3) is 1.87. The van der Waals surface area contributed by atoms with Crippen LogP contribution in [0, 0.1) is 0 Å². The Morgan fingerprint density at radius 2 is 2.67 bits per heavy atom. The van der Waals surface area contributed by atoms with Crippen molar-refractivity contribution in [2.24, 2.45) is 0 Å². The van der Waals surface area contributed by atoms with Gasteiger partial charge in [-0.25, -0.2) is 0 Å². The van der Waals surface area contributed by atoms with E-state index >= 15 is 0 Å². The second kappa shape index (κ2) is 4.42. The average Bonchev–Trinajstić information content (AvgIpc) is 2.29. The zero-order valence-corrected chi connectivity index (χ0v) is 10.9. The maximum atomic E-state index is 10.9. The van der Waals surface area contributed by atoms with Crippen molar-refractivity contribution in [1.82, 2.24) is 4.90 Å². The molecule has 12 heavy (non-hydrogen) atoms. The van der Waals surface area contributed by atoms with E-state index in [2.05, 4.69) is 6.92 Å². The van der Waals surface area contributed by atoms with Crippen molar-refractivity contribution in [3.8, 4) is 0 Å². The number of thioether (sulfide) groups is 2. The minimum Gasteiger partial charge on any atom is -1.00 e. The van der Waals surface area contributed by atoms with E-state index in [1.54, 1.807) is 0 Å². The third-order valence-corrected chi connectivity index (χ3v) is 4.06. The molecule has 2 rings (SSSR count). The SMILES string of the molecule is CCSC1=CN2C(=O)C[C@H]2S1.[H-].[Na+]. The largest absolute Gasteiger partial charge is 1.00 e. The molecule has 1 fully saturated rings. The minimum atomic E-state index is 0. The molecule has 1 saturated heterocycles. The predicted octanol–water partition coefficient (Wildman–Crippen LogP) is -1.04. The number of fused-ring (bicyclic) bond motifs is 1. The van der Waals surface area contributed by atoms with E-state index in [4.69, 9.17) is 0 Å². The van der Waals surface area contributed by atoms with Gasteiger partial charge in [0.2, 0.25) is 5.91 Å². The summed E-state index contributed by atoms with van der Waals surface area (Å²) in [6.45, 7) is 2.13. The number of carbonyl (C=O) groups is 1. The Kier molecular flexibility index (Phi) is 4.05. The van der Waals surface area contributed by atoms with Gasteiger partial charge >= 0.3 is 29.6 Å². The van der Waals surface area contributed by atoms with Crippen LogP contribution in [0.15, 0.2) is 10.4 Å². The Hall–Kier alpha value is 0.910. The summed E-state index contributed by atoms with van der Waals surface area (Å²) < 4.78 is 1.29. The molecular weight excluding hydrogens is 201 g/mol. The fraction of sp³-hybridized carbons (Fsp3) is 0.571. The molecule has 2 nitrogen and oxygen atoms in total. The molecule has 62 valence electrons. The van der Waals surface area contributed by atoms with Crippen molar-refractivity contribution < 1.29 is 35.8 Å². The number of carbonyl (C=O) groups excluding carboxylic acids is 1. The number of hydrogen-bond donors (Lipinski definition) is 0. The van der Waals surface area contributed by atoms with E-state index in [1.165, 1.54) is 4.24 Å². The Bertz CT molecular complexity index is 237. The monoisotopic (exact) mass is 211 g/mol. The van der Waals surface area contributed by atoms with Crippen molar-refractivity contribution in [3.63, 3.8) is 0 Å². The molecule has 2 aliphatic heterocycles. The molecule has 2 aliphatic rings. The second-order valence-electron chi connectivity index (χ2n) is 2.46. The first-order chi connectivity index (χ1) is 5.31. The van der Waals surface area contributed by atoms with Gasteiger partial charge in [-0.2, -0.15) is 0 Å². The quantitative estimate of drug-likeness (QED) is 0.430. The van der Waals surface area contributed by atoms with Crippen molar-refractivity contribution >= 4 is 29.4 Å². The van der Waals surface area contributed by atoms with Gasteiger partial charge in [-0.15, -0.1) is 11.8 Å². The molecular formula is C7H10NNaOS2. The van der Waals surface area contributed by atoms with E-state index in [0.29, 0.717) is 5.37 Å². The predicted molar refractivity (Wildman–Crippen MR) is 50.2 cm³/mol. The van der Waals surface area contributed by atoms with Crippen LogP contribution in [0.4, 0.5) is 0 Å². The first kappa shape index (κ1) is 11.0. The van der Waals surface area contributed by atoms with Gasteiger partial charge < -0.3 is 6.33 Å². The fourth-order valence-electron chi connectivity index (χ4n) is 1.15. The van der Waals surface area contributed by atoms with Gasteiger partial charge in [0.05, 0.1) is 16.0 Å². The second-order valence-corrected chi connectivity index (χ2v) is 5.24. The van der Waals surface area contributed by atoms with Crippen molar-refractivity contribution in [3.05, 3.63) is 10.4 Å². The Balaban J connectivity index is 0.000000720. The van der Waals surface area contributed by atoms with E-state index < -0.39 is 0 Å². The van der Waals surface area contributed by atoms with E-state index in [9.17, 15) is 4.79 Å². The standard InChI is InChI=1S/C7H9NOS2.Na.H/c1-2-10-7-4-8-5(9)3-6(8)11-7;;/h4,6H,2-3H2,1H3;;/q;+1;-1/t6-;;/m1../s1. The van der Waals surface area contributed by atoms with Crippen LogP contribution in [0.5, 0.6) is 0 Å². The van der Waals surface area contributed by atoms with E-state index in [1.807, 2.05) is 34.6 Å². The van der Waals surface area contributed by atoms with E-state index in [-0.39, 0.29) is 36.9 Å². The summed E-state index contributed by atoms with van der Waals surface area (Å²) >= 11 is 3.64. The van der Waals surface area contributed by atoms with Gasteiger partial charge in [0, 0.05) is 6.20 Å². The molecule has 2 heterocycles. The van der Waals surface area contributed by atoms with E-state index in [0.717, 1.165) is 12.2 Å². The molecule has 0 aliphatic carbocycles. The molecule has 0 spiro atoms. The van der Waals surface area contributed by atoms with Crippen LogP contribution in [0.3, 0.4) is 0 Å². The fourth-order valence-corrected chi connectivity index (χ4v) is 3.54. The van der Waals surface area contributed by atoms with Crippen LogP contribution in [0.25, 0.3) is 0 Å². The van der Waals surface area contributed by atoms with Crippen molar-refractivity contribution in [2.75, 3.05) is 5.75 Å². The smallest absolute Gasteiger partial charge is 1.00 e. The summed E-state index contributed by atoms with van der Waals surface area (Å²) in [5, 5.41) is 0.441. The summed E-state index contributed by atoms with van der Waals surface area (Å²) in [7, 11) is 0. The first-order valence-corrected chi connectivity index (χ1v) is 5.50. The van der Waals surface area contributed by atoms with Crippen molar-refractivity contribution in [1.29, 1.82) is 0 Å². The molecule has 0 bridgehead atoms. The maximum absolute atomic E-state index is 10.9. The number of nitrogens with zero attached hydrogens (tertiary/aromatic N) is 1. The van der Waals surface area contributed by atoms with Crippen LogP contribution in [0.1, 0.15) is 14.8 Å². The zero-order chi connectivity index (χ0) is 7.84. The Morgan fingerprint density at radius 3 is 3.17 bits per heavy atom. The summed E-state index contributed by atoms with van der Waals surface area (Å²) in [4.78, 5) is 12.8. The van der Waals surface area contributed by atoms with Gasteiger partial charge in [-0.1, -0.05) is 18.7 Å². The molecule has 0 aromatic heterocycles. The summed E-state index contributed by atoms with van der Waals surface area (Å²) in [5.74, 6) is 1.36. The van der Waals surface area contributed by atoms with Gasteiger partial charge in [-0.3, -0.25) is 4.79 Å². The average molecular weight is 211 g/mol. The van der Waals surface area contributed by atoms with Gasteiger partial charge in [0.15, 0.2) is 0 Å². The summed E-state index contributed by atoms with van der Waals surface area (Å²) in [6, 6.07) is 0. The minimum absolute atomic E-state index is 0.